The number of nitrogens with zero attached hydrogens (tertiary/aromatic N) is 2. The zero-order valence-corrected chi connectivity index (χ0v) is 14.1. The van der Waals surface area contributed by atoms with Gasteiger partial charge in [-0.3, -0.25) is 4.57 Å². The maximum Gasteiger partial charge on any atom is 0.137 e. The highest BCUT2D eigenvalue weighted by atomic mass is 79.9. The molecule has 4 rings (SSSR count). The van der Waals surface area contributed by atoms with Crippen LogP contribution in [0.15, 0.2) is 69.7 Å². The summed E-state index contributed by atoms with van der Waals surface area (Å²) < 4.78 is 4.34. The first-order valence-corrected chi connectivity index (χ1v) is 8.13. The molecule has 0 saturated heterocycles. The molecule has 2 heterocycles. The van der Waals surface area contributed by atoms with Crippen molar-refractivity contribution in [2.45, 2.75) is 0 Å². The van der Waals surface area contributed by atoms with E-state index in [1.807, 2.05) is 24.4 Å². The van der Waals surface area contributed by atoms with E-state index < -0.39 is 0 Å². The van der Waals surface area contributed by atoms with Crippen LogP contribution in [-0.2, 0) is 0 Å². The summed E-state index contributed by atoms with van der Waals surface area (Å²) in [5, 5.41) is 2.44. The Bertz CT molecular complexity index is 959. The molecule has 0 atom stereocenters. The molecule has 102 valence electrons. The fourth-order valence-corrected chi connectivity index (χ4v) is 3.41. The second-order valence-corrected chi connectivity index (χ2v) is 6.68. The second kappa shape index (κ2) is 4.97. The summed E-state index contributed by atoms with van der Waals surface area (Å²) in [4.78, 5) is 4.51. The smallest absolute Gasteiger partial charge is 0.137 e. The van der Waals surface area contributed by atoms with Gasteiger partial charge in [0.25, 0.3) is 0 Å². The van der Waals surface area contributed by atoms with Crippen LogP contribution in [0.2, 0.25) is 0 Å². The quantitative estimate of drug-likeness (QED) is 0.399. The molecule has 2 aromatic carbocycles. The van der Waals surface area contributed by atoms with Gasteiger partial charge in [0.1, 0.15) is 5.82 Å². The third kappa shape index (κ3) is 2.10. The van der Waals surface area contributed by atoms with Gasteiger partial charge in [-0.25, -0.2) is 4.98 Å². The fourth-order valence-electron chi connectivity index (χ4n) is 2.70. The van der Waals surface area contributed by atoms with Crippen molar-refractivity contribution in [3.63, 3.8) is 0 Å². The Morgan fingerprint density at radius 2 is 1.57 bits per heavy atom. The maximum absolute atomic E-state index is 4.51. The van der Waals surface area contributed by atoms with Crippen molar-refractivity contribution in [1.82, 2.24) is 9.55 Å². The standard InChI is InChI=1S/C17H10Br2N2/c18-11-5-7-15-14(9-11)13-6-4-12(19)10-16(13)21(15)17-3-1-2-8-20-17/h1-10H. The van der Waals surface area contributed by atoms with Crippen molar-refractivity contribution in [3.8, 4) is 5.82 Å². The fraction of sp³-hybridized carbons (Fsp3) is 0. The number of hydrogen-bond acceptors (Lipinski definition) is 1. The largest absolute Gasteiger partial charge is 0.294 e. The van der Waals surface area contributed by atoms with Gasteiger partial charge in [0.2, 0.25) is 0 Å². The molecule has 0 amide bonds. The number of fused-ring (bicyclic) bond motifs is 3. The van der Waals surface area contributed by atoms with Crippen LogP contribution in [0.1, 0.15) is 0 Å². The topological polar surface area (TPSA) is 17.8 Å². The van der Waals surface area contributed by atoms with E-state index >= 15 is 0 Å². The van der Waals surface area contributed by atoms with E-state index in [-0.39, 0.29) is 0 Å². The summed E-state index contributed by atoms with van der Waals surface area (Å²) in [5.41, 5.74) is 2.31. The molecule has 0 radical (unpaired) electrons. The lowest BCUT2D eigenvalue weighted by Gasteiger charge is -2.06. The molecule has 0 aliphatic heterocycles. The monoisotopic (exact) mass is 400 g/mol. The number of benzene rings is 2. The Morgan fingerprint density at radius 1 is 0.762 bits per heavy atom. The van der Waals surface area contributed by atoms with Crippen LogP contribution < -0.4 is 0 Å². The van der Waals surface area contributed by atoms with E-state index in [0.717, 1.165) is 25.8 Å². The van der Waals surface area contributed by atoms with Gasteiger partial charge in [0.05, 0.1) is 11.0 Å². The summed E-state index contributed by atoms with van der Waals surface area (Å²) in [7, 11) is 0. The van der Waals surface area contributed by atoms with Gasteiger partial charge in [-0.2, -0.15) is 0 Å². The summed E-state index contributed by atoms with van der Waals surface area (Å²) in [6.07, 6.45) is 1.82. The molecule has 0 bridgehead atoms. The van der Waals surface area contributed by atoms with Gasteiger partial charge in [-0.05, 0) is 42.5 Å². The molecule has 0 fully saturated rings. The molecule has 0 spiro atoms. The van der Waals surface area contributed by atoms with Crippen molar-refractivity contribution in [3.05, 3.63) is 69.7 Å². The van der Waals surface area contributed by atoms with Crippen molar-refractivity contribution in [2.75, 3.05) is 0 Å². The minimum atomic E-state index is 0.929. The average Bonchev–Trinajstić information content (AvgIpc) is 2.81. The summed E-state index contributed by atoms with van der Waals surface area (Å²) in [6, 6.07) is 18.7. The molecule has 0 aliphatic rings. The zero-order chi connectivity index (χ0) is 14.4. The molecule has 2 nitrogen and oxygen atoms in total. The highest BCUT2D eigenvalue weighted by Gasteiger charge is 2.13. The van der Waals surface area contributed by atoms with Gasteiger partial charge < -0.3 is 0 Å². The zero-order valence-electron chi connectivity index (χ0n) is 10.9. The van der Waals surface area contributed by atoms with Crippen LogP contribution in [0.25, 0.3) is 27.6 Å². The van der Waals surface area contributed by atoms with Crippen molar-refractivity contribution in [1.29, 1.82) is 0 Å². The number of pyridine rings is 1. The Balaban J connectivity index is 2.23. The van der Waals surface area contributed by atoms with Crippen molar-refractivity contribution >= 4 is 53.7 Å². The van der Waals surface area contributed by atoms with E-state index in [9.17, 15) is 0 Å². The third-order valence-electron chi connectivity index (χ3n) is 3.57. The molecule has 0 unspecified atom stereocenters. The van der Waals surface area contributed by atoms with Crippen LogP contribution in [0.5, 0.6) is 0 Å². The minimum Gasteiger partial charge on any atom is -0.294 e. The molecule has 0 saturated carbocycles. The van der Waals surface area contributed by atoms with E-state index in [4.69, 9.17) is 0 Å². The molecule has 4 heteroatoms. The number of halogens is 2. The molecule has 21 heavy (non-hydrogen) atoms. The molecule has 0 aliphatic carbocycles. The molecule has 0 N–H and O–H groups in total. The van der Waals surface area contributed by atoms with Crippen molar-refractivity contribution < 1.29 is 0 Å². The highest BCUT2D eigenvalue weighted by Crippen LogP contribution is 2.34. The molecule has 2 aromatic heterocycles. The van der Waals surface area contributed by atoms with E-state index in [1.54, 1.807) is 0 Å². The van der Waals surface area contributed by atoms with E-state index in [1.165, 1.54) is 10.8 Å². The predicted molar refractivity (Wildman–Crippen MR) is 94.0 cm³/mol. The lowest BCUT2D eigenvalue weighted by atomic mass is 10.2. The second-order valence-electron chi connectivity index (χ2n) is 4.85. The van der Waals surface area contributed by atoms with E-state index in [2.05, 4.69) is 77.8 Å². The minimum absolute atomic E-state index is 0.929. The molecule has 4 aromatic rings. The maximum atomic E-state index is 4.51. The molecular weight excluding hydrogens is 392 g/mol. The van der Waals surface area contributed by atoms with Crippen LogP contribution in [-0.4, -0.2) is 9.55 Å². The molecular formula is C17H10Br2N2. The normalized spacial score (nSPS) is 11.3. The highest BCUT2D eigenvalue weighted by molar-refractivity contribution is 9.10. The third-order valence-corrected chi connectivity index (χ3v) is 4.56. The van der Waals surface area contributed by atoms with Gasteiger partial charge in [-0.1, -0.05) is 44.0 Å². The van der Waals surface area contributed by atoms with Gasteiger partial charge in [-0.15, -0.1) is 0 Å². The number of rotatable bonds is 1. The predicted octanol–water partition coefficient (Wildman–Crippen LogP) is 5.70. The SMILES string of the molecule is Brc1ccc2c(c1)c1ccc(Br)cc1n2-c1ccccn1. The van der Waals surface area contributed by atoms with Crippen LogP contribution in [0, 0.1) is 0 Å². The summed E-state index contributed by atoms with van der Waals surface area (Å²) in [5.74, 6) is 0.929. The number of hydrogen-bond donors (Lipinski definition) is 0. The lowest BCUT2D eigenvalue weighted by molar-refractivity contribution is 1.08. The summed E-state index contributed by atoms with van der Waals surface area (Å²) in [6.45, 7) is 0. The van der Waals surface area contributed by atoms with Gasteiger partial charge >= 0.3 is 0 Å². The first-order chi connectivity index (χ1) is 10.2. The van der Waals surface area contributed by atoms with Crippen LogP contribution >= 0.6 is 31.9 Å². The number of aromatic nitrogens is 2. The van der Waals surface area contributed by atoms with Crippen LogP contribution in [0.3, 0.4) is 0 Å². The lowest BCUT2D eigenvalue weighted by Crippen LogP contribution is -1.96. The Labute approximate surface area is 138 Å². The average molecular weight is 402 g/mol. The first-order valence-electron chi connectivity index (χ1n) is 6.55. The Kier molecular flexibility index (Phi) is 3.08. The van der Waals surface area contributed by atoms with Gasteiger partial charge in [0.15, 0.2) is 0 Å². The Hall–Kier alpha value is -1.65. The van der Waals surface area contributed by atoms with E-state index in [0.29, 0.717) is 0 Å². The van der Waals surface area contributed by atoms with Crippen molar-refractivity contribution in [2.24, 2.45) is 0 Å². The van der Waals surface area contributed by atoms with Gasteiger partial charge in [0, 0.05) is 25.9 Å². The first kappa shape index (κ1) is 13.0. The van der Waals surface area contributed by atoms with Crippen LogP contribution in [0.4, 0.5) is 0 Å². The summed E-state index contributed by atoms with van der Waals surface area (Å²) >= 11 is 7.13. The Morgan fingerprint density at radius 3 is 2.38 bits per heavy atom.